The molecular weight excluding hydrogens is 446 g/mol. The highest BCUT2D eigenvalue weighted by Crippen LogP contribution is 2.25. The molecule has 0 aromatic heterocycles. The predicted molar refractivity (Wildman–Crippen MR) is 122 cm³/mol. The maximum atomic E-state index is 13.3. The van der Waals surface area contributed by atoms with E-state index in [9.17, 15) is 14.0 Å². The quantitative estimate of drug-likeness (QED) is 0.511. The lowest BCUT2D eigenvalue weighted by Crippen LogP contribution is -2.49. The van der Waals surface area contributed by atoms with Crippen LogP contribution in [0, 0.1) is 5.82 Å². The molecule has 8 heteroatoms. The van der Waals surface area contributed by atoms with Gasteiger partial charge in [-0.2, -0.15) is 0 Å². The first-order chi connectivity index (χ1) is 14.3. The molecule has 0 aliphatic rings. The Hall–Kier alpha value is -1.76. The zero-order chi connectivity index (χ0) is 22.1. The van der Waals surface area contributed by atoms with Crippen LogP contribution in [-0.4, -0.2) is 35.1 Å². The molecular formula is C22H25Cl2FN2O2S. The van der Waals surface area contributed by atoms with Crippen molar-refractivity contribution in [3.05, 3.63) is 69.5 Å². The van der Waals surface area contributed by atoms with E-state index in [0.717, 1.165) is 11.1 Å². The van der Waals surface area contributed by atoms with Gasteiger partial charge < -0.3 is 10.2 Å². The number of carbonyl (C=O) groups excluding carboxylic acids is 2. The molecule has 1 atom stereocenters. The fourth-order valence-corrected chi connectivity index (χ4v) is 4.15. The average Bonchev–Trinajstić information content (AvgIpc) is 2.72. The Labute approximate surface area is 191 Å². The van der Waals surface area contributed by atoms with E-state index >= 15 is 0 Å². The van der Waals surface area contributed by atoms with E-state index < -0.39 is 6.04 Å². The van der Waals surface area contributed by atoms with E-state index in [1.807, 2.05) is 19.9 Å². The highest BCUT2D eigenvalue weighted by atomic mass is 35.5. The molecule has 0 saturated carbocycles. The lowest BCUT2D eigenvalue weighted by atomic mass is 10.1. The Bertz CT molecular complexity index is 865. The van der Waals surface area contributed by atoms with Crippen LogP contribution in [0.4, 0.5) is 4.39 Å². The molecule has 0 fully saturated rings. The largest absolute Gasteiger partial charge is 0.355 e. The summed E-state index contributed by atoms with van der Waals surface area (Å²) in [6, 6.07) is 10.7. The van der Waals surface area contributed by atoms with Crippen LogP contribution in [0.5, 0.6) is 0 Å². The van der Waals surface area contributed by atoms with E-state index in [-0.39, 0.29) is 29.9 Å². The number of rotatable bonds is 10. The number of hydrogen-bond acceptors (Lipinski definition) is 3. The first-order valence-corrected chi connectivity index (χ1v) is 11.6. The van der Waals surface area contributed by atoms with Crippen LogP contribution >= 0.6 is 35.0 Å². The van der Waals surface area contributed by atoms with Gasteiger partial charge in [0, 0.05) is 18.8 Å². The number of thioether (sulfide) groups is 1. The van der Waals surface area contributed by atoms with Crippen LogP contribution in [0.1, 0.15) is 31.4 Å². The van der Waals surface area contributed by atoms with Gasteiger partial charge in [-0.05, 0) is 48.7 Å². The van der Waals surface area contributed by atoms with E-state index in [4.69, 9.17) is 23.2 Å². The summed E-state index contributed by atoms with van der Waals surface area (Å²) >= 11 is 13.4. The van der Waals surface area contributed by atoms with Gasteiger partial charge in [-0.3, -0.25) is 9.59 Å². The van der Waals surface area contributed by atoms with Gasteiger partial charge in [0.1, 0.15) is 11.9 Å². The van der Waals surface area contributed by atoms with Crippen LogP contribution < -0.4 is 5.32 Å². The summed E-state index contributed by atoms with van der Waals surface area (Å²) in [5.41, 5.74) is 1.73. The van der Waals surface area contributed by atoms with E-state index in [1.165, 1.54) is 23.9 Å². The summed E-state index contributed by atoms with van der Waals surface area (Å²) in [4.78, 5) is 27.1. The number of nitrogens with zero attached hydrogens (tertiary/aromatic N) is 1. The molecule has 0 bridgehead atoms. The van der Waals surface area contributed by atoms with Gasteiger partial charge in [-0.25, -0.2) is 4.39 Å². The smallest absolute Gasteiger partial charge is 0.242 e. The molecule has 0 heterocycles. The Morgan fingerprint density at radius 2 is 1.73 bits per heavy atom. The van der Waals surface area contributed by atoms with Gasteiger partial charge in [-0.1, -0.05) is 48.3 Å². The molecule has 0 spiro atoms. The zero-order valence-corrected chi connectivity index (χ0v) is 19.3. The first-order valence-electron chi connectivity index (χ1n) is 9.69. The highest BCUT2D eigenvalue weighted by Gasteiger charge is 2.28. The van der Waals surface area contributed by atoms with Crippen LogP contribution in [0.3, 0.4) is 0 Å². The van der Waals surface area contributed by atoms with Crippen LogP contribution in [0.2, 0.25) is 10.0 Å². The van der Waals surface area contributed by atoms with Crippen LogP contribution in [0.15, 0.2) is 42.5 Å². The Morgan fingerprint density at radius 1 is 1.07 bits per heavy atom. The zero-order valence-electron chi connectivity index (χ0n) is 17.0. The molecule has 0 aliphatic carbocycles. The number of carbonyl (C=O) groups is 2. The molecule has 1 unspecified atom stereocenters. The summed E-state index contributed by atoms with van der Waals surface area (Å²) in [5, 5.41) is 3.75. The van der Waals surface area contributed by atoms with Crippen molar-refractivity contribution in [3.63, 3.8) is 0 Å². The molecule has 4 nitrogen and oxygen atoms in total. The van der Waals surface area contributed by atoms with Crippen LogP contribution in [-0.2, 0) is 21.9 Å². The maximum absolute atomic E-state index is 13.3. The molecule has 2 amide bonds. The number of amides is 2. The lowest BCUT2D eigenvalue weighted by Gasteiger charge is -2.30. The van der Waals surface area contributed by atoms with Crippen molar-refractivity contribution >= 4 is 46.8 Å². The number of benzene rings is 2. The molecule has 2 aromatic rings. The van der Waals surface area contributed by atoms with Gasteiger partial charge in [0.25, 0.3) is 0 Å². The minimum Gasteiger partial charge on any atom is -0.355 e. The number of nitrogens with one attached hydrogen (secondary N) is 1. The Kier molecular flexibility index (Phi) is 9.95. The number of halogens is 3. The third kappa shape index (κ3) is 7.18. The lowest BCUT2D eigenvalue weighted by molar-refractivity contribution is -0.139. The van der Waals surface area contributed by atoms with Crippen molar-refractivity contribution < 1.29 is 14.0 Å². The van der Waals surface area contributed by atoms with Gasteiger partial charge in [0.15, 0.2) is 0 Å². The van der Waals surface area contributed by atoms with Gasteiger partial charge >= 0.3 is 0 Å². The van der Waals surface area contributed by atoms with E-state index in [0.29, 0.717) is 28.8 Å². The van der Waals surface area contributed by atoms with E-state index in [2.05, 4.69) is 5.32 Å². The topological polar surface area (TPSA) is 49.4 Å². The molecule has 2 rings (SSSR count). The number of hydrogen-bond donors (Lipinski definition) is 1. The molecule has 30 heavy (non-hydrogen) atoms. The summed E-state index contributed by atoms with van der Waals surface area (Å²) < 4.78 is 13.3. The summed E-state index contributed by atoms with van der Waals surface area (Å²) in [6.07, 6.45) is 0.482. The van der Waals surface area contributed by atoms with Crippen molar-refractivity contribution in [3.8, 4) is 0 Å². The second-order valence-electron chi connectivity index (χ2n) is 6.71. The second-order valence-corrected chi connectivity index (χ2v) is 8.51. The SMILES string of the molecule is CCNC(=O)C(CC)N(Cc1ccc(F)cc1)C(=O)CSCc1ccc(Cl)c(Cl)c1. The third-order valence-corrected chi connectivity index (χ3v) is 6.21. The number of likely N-dealkylation sites (N-methyl/N-ethyl adjacent to an activating group) is 1. The average molecular weight is 471 g/mol. The van der Waals surface area contributed by atoms with Crippen molar-refractivity contribution in [2.45, 2.75) is 38.6 Å². The summed E-state index contributed by atoms with van der Waals surface area (Å²) in [7, 11) is 0. The second kappa shape index (κ2) is 12.2. The normalized spacial score (nSPS) is 11.8. The van der Waals surface area contributed by atoms with Crippen molar-refractivity contribution in [2.75, 3.05) is 12.3 Å². The van der Waals surface area contributed by atoms with Crippen molar-refractivity contribution in [1.82, 2.24) is 10.2 Å². The fraction of sp³-hybridized carbons (Fsp3) is 0.364. The molecule has 0 aliphatic heterocycles. The fourth-order valence-electron chi connectivity index (χ4n) is 2.97. The van der Waals surface area contributed by atoms with Gasteiger partial charge in [0.05, 0.1) is 15.8 Å². The molecule has 1 N–H and O–H groups in total. The van der Waals surface area contributed by atoms with Crippen LogP contribution in [0.25, 0.3) is 0 Å². The summed E-state index contributed by atoms with van der Waals surface area (Å²) in [6.45, 7) is 4.43. The molecule has 0 saturated heterocycles. The molecule has 2 aromatic carbocycles. The minimum absolute atomic E-state index is 0.150. The predicted octanol–water partition coefficient (Wildman–Crippen LogP) is 5.31. The molecule has 162 valence electrons. The van der Waals surface area contributed by atoms with E-state index in [1.54, 1.807) is 29.2 Å². The Morgan fingerprint density at radius 3 is 2.33 bits per heavy atom. The maximum Gasteiger partial charge on any atom is 0.242 e. The van der Waals surface area contributed by atoms with Gasteiger partial charge in [-0.15, -0.1) is 11.8 Å². The highest BCUT2D eigenvalue weighted by molar-refractivity contribution is 7.99. The standard InChI is InChI=1S/C22H25Cl2FN2O2S/c1-3-20(22(29)26-4-2)27(12-15-5-8-17(25)9-6-15)21(28)14-30-13-16-7-10-18(23)19(24)11-16/h5-11,20H,3-4,12-14H2,1-2H3,(H,26,29). The minimum atomic E-state index is -0.590. The third-order valence-electron chi connectivity index (χ3n) is 4.48. The van der Waals surface area contributed by atoms with Crippen molar-refractivity contribution in [2.24, 2.45) is 0 Å². The summed E-state index contributed by atoms with van der Waals surface area (Å²) in [5.74, 6) is 0.111. The van der Waals surface area contributed by atoms with Gasteiger partial charge in [0.2, 0.25) is 11.8 Å². The molecule has 0 radical (unpaired) electrons. The Balaban J connectivity index is 2.10. The van der Waals surface area contributed by atoms with Crippen molar-refractivity contribution in [1.29, 1.82) is 0 Å². The monoisotopic (exact) mass is 470 g/mol. The first kappa shape index (κ1) is 24.5.